The molecule has 0 aromatic heterocycles. The average Bonchev–Trinajstić information content (AvgIpc) is 2.49. The Morgan fingerprint density at radius 3 is 1.41 bits per heavy atom. The SMILES string of the molecule is CC(COS(C)(=O)=O)CC(C)(COCCOS(C)(=O)=O)COCCOS(C)(=O)=O. The van der Waals surface area contributed by atoms with Crippen LogP contribution in [0.5, 0.6) is 0 Å². The molecule has 0 aliphatic carbocycles. The molecule has 0 aliphatic rings. The minimum atomic E-state index is -3.56. The summed E-state index contributed by atoms with van der Waals surface area (Å²) in [6, 6.07) is 0. The summed E-state index contributed by atoms with van der Waals surface area (Å²) in [6.45, 7) is 3.80. The maximum Gasteiger partial charge on any atom is 0.264 e. The number of hydrogen-bond donors (Lipinski definition) is 0. The highest BCUT2D eigenvalue weighted by Crippen LogP contribution is 2.28. The third-order valence-electron chi connectivity index (χ3n) is 3.36. The standard InChI is InChI=1S/C15H32O11S3/c1-14(11-26-29(5,20)21)10-15(2,12-22-6-8-24-27(3,16)17)13-23-7-9-25-28(4,18)19/h14H,6-13H2,1-5H3. The summed E-state index contributed by atoms with van der Waals surface area (Å²) >= 11 is 0. The van der Waals surface area contributed by atoms with E-state index >= 15 is 0 Å². The van der Waals surface area contributed by atoms with Crippen LogP contribution >= 0.6 is 0 Å². The van der Waals surface area contributed by atoms with Gasteiger partial charge in [0.25, 0.3) is 30.4 Å². The van der Waals surface area contributed by atoms with Gasteiger partial charge in [0.05, 0.1) is 65.0 Å². The van der Waals surface area contributed by atoms with Gasteiger partial charge in [0.2, 0.25) is 0 Å². The number of ether oxygens (including phenoxy) is 2. The molecule has 0 fully saturated rings. The molecular formula is C15H32O11S3. The lowest BCUT2D eigenvalue weighted by molar-refractivity contribution is -0.0357. The zero-order valence-electron chi connectivity index (χ0n) is 17.4. The topological polar surface area (TPSA) is 149 Å². The highest BCUT2D eigenvalue weighted by Gasteiger charge is 2.28. The fourth-order valence-corrected chi connectivity index (χ4v) is 3.65. The molecule has 0 amide bonds. The molecule has 0 saturated carbocycles. The van der Waals surface area contributed by atoms with Crippen molar-refractivity contribution in [3.8, 4) is 0 Å². The van der Waals surface area contributed by atoms with E-state index in [-0.39, 0.29) is 52.2 Å². The van der Waals surface area contributed by atoms with E-state index in [0.717, 1.165) is 18.8 Å². The summed E-state index contributed by atoms with van der Waals surface area (Å²) in [7, 11) is -10.7. The molecule has 29 heavy (non-hydrogen) atoms. The van der Waals surface area contributed by atoms with E-state index < -0.39 is 35.8 Å². The lowest BCUT2D eigenvalue weighted by Crippen LogP contribution is -2.33. The first-order valence-corrected chi connectivity index (χ1v) is 14.1. The smallest absolute Gasteiger partial charge is 0.264 e. The van der Waals surface area contributed by atoms with Crippen LogP contribution in [0.25, 0.3) is 0 Å². The minimum Gasteiger partial charge on any atom is -0.378 e. The average molecular weight is 485 g/mol. The van der Waals surface area contributed by atoms with E-state index in [1.54, 1.807) is 0 Å². The second-order valence-electron chi connectivity index (χ2n) is 7.27. The van der Waals surface area contributed by atoms with Crippen molar-refractivity contribution in [2.24, 2.45) is 11.3 Å². The molecule has 11 nitrogen and oxygen atoms in total. The molecule has 0 radical (unpaired) electrons. The van der Waals surface area contributed by atoms with Gasteiger partial charge in [-0.2, -0.15) is 25.3 Å². The van der Waals surface area contributed by atoms with Gasteiger partial charge in [0, 0.05) is 5.41 Å². The Morgan fingerprint density at radius 2 is 1.07 bits per heavy atom. The summed E-state index contributed by atoms with van der Waals surface area (Å²) in [5.74, 6) is -0.151. The van der Waals surface area contributed by atoms with Crippen LogP contribution in [-0.2, 0) is 52.4 Å². The molecule has 0 N–H and O–H groups in total. The summed E-state index contributed by atoms with van der Waals surface area (Å²) < 4.78 is 91.1. The lowest BCUT2D eigenvalue weighted by atomic mass is 9.83. The van der Waals surface area contributed by atoms with Gasteiger partial charge >= 0.3 is 0 Å². The van der Waals surface area contributed by atoms with E-state index in [1.807, 2.05) is 13.8 Å². The summed E-state index contributed by atoms with van der Waals surface area (Å²) in [4.78, 5) is 0. The summed E-state index contributed by atoms with van der Waals surface area (Å²) in [6.07, 6.45) is 3.32. The highest BCUT2D eigenvalue weighted by atomic mass is 32.2. The Hall–Kier alpha value is -0.350. The van der Waals surface area contributed by atoms with Gasteiger partial charge in [-0.25, -0.2) is 0 Å². The molecule has 0 heterocycles. The van der Waals surface area contributed by atoms with Gasteiger partial charge in [-0.3, -0.25) is 12.5 Å². The Labute approximate surface area is 174 Å². The van der Waals surface area contributed by atoms with Gasteiger partial charge in [-0.15, -0.1) is 0 Å². The van der Waals surface area contributed by atoms with Crippen molar-refractivity contribution in [2.45, 2.75) is 20.3 Å². The second kappa shape index (κ2) is 12.5. The van der Waals surface area contributed by atoms with Gasteiger partial charge in [0.1, 0.15) is 0 Å². The maximum absolute atomic E-state index is 11.2. The summed E-state index contributed by atoms with van der Waals surface area (Å²) in [5.41, 5.74) is -0.573. The molecule has 0 spiro atoms. The Balaban J connectivity index is 4.65. The molecule has 0 aromatic carbocycles. The third-order valence-corrected chi connectivity index (χ3v) is 5.11. The van der Waals surface area contributed by atoms with E-state index in [1.165, 1.54) is 0 Å². The number of hydrogen-bond acceptors (Lipinski definition) is 11. The van der Waals surface area contributed by atoms with Gasteiger partial charge in [-0.05, 0) is 12.3 Å². The minimum absolute atomic E-state index is 0.0111. The summed E-state index contributed by atoms with van der Waals surface area (Å²) in [5, 5.41) is 0. The molecule has 0 rings (SSSR count). The molecule has 0 bridgehead atoms. The number of rotatable bonds is 17. The van der Waals surface area contributed by atoms with E-state index in [2.05, 4.69) is 8.37 Å². The molecule has 176 valence electrons. The predicted molar refractivity (Wildman–Crippen MR) is 106 cm³/mol. The van der Waals surface area contributed by atoms with Crippen LogP contribution in [0.1, 0.15) is 20.3 Å². The Kier molecular flexibility index (Phi) is 12.3. The van der Waals surface area contributed by atoms with E-state index in [0.29, 0.717) is 6.42 Å². The van der Waals surface area contributed by atoms with Gasteiger partial charge in [-0.1, -0.05) is 13.8 Å². The van der Waals surface area contributed by atoms with Crippen molar-refractivity contribution in [2.75, 3.05) is 65.0 Å². The molecule has 1 atom stereocenters. The maximum atomic E-state index is 11.2. The molecule has 0 saturated heterocycles. The van der Waals surface area contributed by atoms with Crippen molar-refractivity contribution in [3.63, 3.8) is 0 Å². The molecule has 0 aromatic rings. The normalized spacial score (nSPS) is 14.8. The van der Waals surface area contributed by atoms with Crippen LogP contribution in [0.3, 0.4) is 0 Å². The van der Waals surface area contributed by atoms with Crippen LogP contribution in [-0.4, -0.2) is 90.3 Å². The quantitative estimate of drug-likeness (QED) is 0.202. The van der Waals surface area contributed by atoms with Crippen LogP contribution in [0.15, 0.2) is 0 Å². The largest absolute Gasteiger partial charge is 0.378 e. The first kappa shape index (κ1) is 28.6. The van der Waals surface area contributed by atoms with Crippen LogP contribution in [0, 0.1) is 11.3 Å². The fraction of sp³-hybridized carbons (Fsp3) is 1.00. The monoisotopic (exact) mass is 484 g/mol. The van der Waals surface area contributed by atoms with E-state index in [4.69, 9.17) is 13.7 Å². The van der Waals surface area contributed by atoms with Gasteiger partial charge < -0.3 is 9.47 Å². The van der Waals surface area contributed by atoms with Crippen molar-refractivity contribution in [1.29, 1.82) is 0 Å². The predicted octanol–water partition coefficient (Wildman–Crippen LogP) is -0.0193. The van der Waals surface area contributed by atoms with Gasteiger partial charge in [0.15, 0.2) is 0 Å². The first-order valence-electron chi connectivity index (χ1n) is 8.70. The molecule has 14 heteroatoms. The van der Waals surface area contributed by atoms with E-state index in [9.17, 15) is 25.3 Å². The molecule has 1 unspecified atom stereocenters. The zero-order valence-corrected chi connectivity index (χ0v) is 19.9. The second-order valence-corrected chi connectivity index (χ2v) is 12.2. The fourth-order valence-electron chi connectivity index (χ4n) is 2.43. The third kappa shape index (κ3) is 19.4. The van der Waals surface area contributed by atoms with Crippen molar-refractivity contribution >= 4 is 30.4 Å². The first-order chi connectivity index (χ1) is 13.0. The Bertz CT molecular complexity index is 730. The van der Waals surface area contributed by atoms with Crippen molar-refractivity contribution in [1.82, 2.24) is 0 Å². The van der Waals surface area contributed by atoms with Crippen LogP contribution in [0.4, 0.5) is 0 Å². The zero-order chi connectivity index (χ0) is 22.8. The lowest BCUT2D eigenvalue weighted by Gasteiger charge is -2.31. The van der Waals surface area contributed by atoms with Crippen molar-refractivity contribution < 1.29 is 47.3 Å². The molecule has 0 aliphatic heterocycles. The van der Waals surface area contributed by atoms with Crippen molar-refractivity contribution in [3.05, 3.63) is 0 Å². The Morgan fingerprint density at radius 1 is 0.690 bits per heavy atom. The highest BCUT2D eigenvalue weighted by molar-refractivity contribution is 7.86. The van der Waals surface area contributed by atoms with Crippen LogP contribution < -0.4 is 0 Å². The molecular weight excluding hydrogens is 452 g/mol. The van der Waals surface area contributed by atoms with Crippen LogP contribution in [0.2, 0.25) is 0 Å².